The molecule has 1 aliphatic heterocycles. The van der Waals surface area contributed by atoms with Crippen molar-refractivity contribution in [2.45, 2.75) is 52.1 Å². The van der Waals surface area contributed by atoms with Crippen molar-refractivity contribution in [2.75, 3.05) is 6.54 Å². The predicted molar refractivity (Wildman–Crippen MR) is 69.0 cm³/mol. The minimum absolute atomic E-state index is 0.219. The van der Waals surface area contributed by atoms with Crippen LogP contribution >= 0.6 is 0 Å². The van der Waals surface area contributed by atoms with Gasteiger partial charge in [-0.3, -0.25) is 4.79 Å². The summed E-state index contributed by atoms with van der Waals surface area (Å²) in [4.78, 5) is 24.9. The average molecular weight is 256 g/mol. The smallest absolute Gasteiger partial charge is 0.326 e. The molecule has 5 heteroatoms. The number of carbonyl (C=O) groups is 2. The fourth-order valence-corrected chi connectivity index (χ4v) is 2.46. The van der Waals surface area contributed by atoms with Gasteiger partial charge in [-0.05, 0) is 31.1 Å². The standard InChI is InChI=1S/C13H24N2O3/c1-8(2)6-10(14)12(16)15-5-4-9(3)7-11(15)13(17)18/h8-11H,4-7,14H2,1-3H3,(H,17,18)/t9?,10-,11?/m1/s1. The third kappa shape index (κ3) is 3.70. The Kier molecular flexibility index (Phi) is 5.14. The Morgan fingerprint density at radius 3 is 2.56 bits per heavy atom. The highest BCUT2D eigenvalue weighted by Crippen LogP contribution is 2.23. The van der Waals surface area contributed by atoms with Crippen LogP contribution in [0, 0.1) is 11.8 Å². The Balaban J connectivity index is 2.72. The largest absolute Gasteiger partial charge is 0.480 e. The number of hydrogen-bond acceptors (Lipinski definition) is 3. The molecule has 0 saturated carbocycles. The first-order valence-electron chi connectivity index (χ1n) is 6.61. The molecule has 1 rings (SSSR count). The second-order valence-electron chi connectivity index (χ2n) is 5.75. The minimum atomic E-state index is -0.924. The van der Waals surface area contributed by atoms with E-state index in [9.17, 15) is 14.7 Å². The summed E-state index contributed by atoms with van der Waals surface area (Å²) in [5.41, 5.74) is 5.86. The number of amides is 1. The number of rotatable bonds is 4. The maximum Gasteiger partial charge on any atom is 0.326 e. The van der Waals surface area contributed by atoms with Gasteiger partial charge in [0, 0.05) is 6.54 Å². The van der Waals surface area contributed by atoms with E-state index in [0.717, 1.165) is 6.42 Å². The molecule has 1 heterocycles. The molecular formula is C13H24N2O3. The molecule has 1 saturated heterocycles. The van der Waals surface area contributed by atoms with Crippen LogP contribution in [0.25, 0.3) is 0 Å². The zero-order valence-electron chi connectivity index (χ0n) is 11.4. The van der Waals surface area contributed by atoms with Gasteiger partial charge in [0.05, 0.1) is 6.04 Å². The summed E-state index contributed by atoms with van der Waals surface area (Å²) in [6.07, 6.45) is 1.97. The number of nitrogens with zero attached hydrogens (tertiary/aromatic N) is 1. The lowest BCUT2D eigenvalue weighted by atomic mass is 9.91. The molecular weight excluding hydrogens is 232 g/mol. The highest BCUT2D eigenvalue weighted by Gasteiger charge is 2.36. The van der Waals surface area contributed by atoms with Gasteiger partial charge in [0.25, 0.3) is 0 Å². The lowest BCUT2D eigenvalue weighted by Crippen LogP contribution is -2.54. The monoisotopic (exact) mass is 256 g/mol. The second kappa shape index (κ2) is 6.18. The fourth-order valence-electron chi connectivity index (χ4n) is 2.46. The quantitative estimate of drug-likeness (QED) is 0.788. The first kappa shape index (κ1) is 15.0. The second-order valence-corrected chi connectivity index (χ2v) is 5.75. The van der Waals surface area contributed by atoms with Crippen LogP contribution < -0.4 is 5.73 Å². The van der Waals surface area contributed by atoms with E-state index in [1.54, 1.807) is 0 Å². The molecule has 1 amide bonds. The summed E-state index contributed by atoms with van der Waals surface area (Å²) < 4.78 is 0. The van der Waals surface area contributed by atoms with Crippen molar-refractivity contribution in [1.29, 1.82) is 0 Å². The van der Waals surface area contributed by atoms with Crippen molar-refractivity contribution in [3.63, 3.8) is 0 Å². The van der Waals surface area contributed by atoms with E-state index in [4.69, 9.17) is 5.73 Å². The zero-order valence-corrected chi connectivity index (χ0v) is 11.4. The van der Waals surface area contributed by atoms with Crippen LogP contribution in [0.15, 0.2) is 0 Å². The number of piperidine rings is 1. The van der Waals surface area contributed by atoms with Gasteiger partial charge in [-0.15, -0.1) is 0 Å². The summed E-state index contributed by atoms with van der Waals surface area (Å²) in [6, 6.07) is -1.29. The summed E-state index contributed by atoms with van der Waals surface area (Å²) in [5, 5.41) is 9.20. The number of carboxylic acids is 1. The van der Waals surface area contributed by atoms with Crippen LogP contribution in [0.1, 0.15) is 40.0 Å². The molecule has 0 aromatic carbocycles. The van der Waals surface area contributed by atoms with E-state index < -0.39 is 18.1 Å². The van der Waals surface area contributed by atoms with E-state index in [1.807, 2.05) is 20.8 Å². The number of nitrogens with two attached hydrogens (primary N) is 1. The molecule has 0 aliphatic carbocycles. The SMILES string of the molecule is CC(C)C[C@@H](N)C(=O)N1CCC(C)CC1C(=O)O. The van der Waals surface area contributed by atoms with E-state index in [2.05, 4.69) is 0 Å². The predicted octanol–water partition coefficient (Wildman–Crippen LogP) is 1.07. The first-order chi connectivity index (χ1) is 8.32. The molecule has 0 aromatic rings. The first-order valence-corrected chi connectivity index (χ1v) is 6.61. The van der Waals surface area contributed by atoms with Crippen molar-refractivity contribution in [3.8, 4) is 0 Å². The molecule has 18 heavy (non-hydrogen) atoms. The maximum absolute atomic E-state index is 12.2. The highest BCUT2D eigenvalue weighted by atomic mass is 16.4. The van der Waals surface area contributed by atoms with Gasteiger partial charge in [0.1, 0.15) is 6.04 Å². The summed E-state index contributed by atoms with van der Waals surface area (Å²) in [5.74, 6) is -0.470. The molecule has 5 nitrogen and oxygen atoms in total. The van der Waals surface area contributed by atoms with E-state index in [-0.39, 0.29) is 5.91 Å². The van der Waals surface area contributed by atoms with Gasteiger partial charge in [0.2, 0.25) is 5.91 Å². The van der Waals surface area contributed by atoms with Crippen LogP contribution in [-0.4, -0.2) is 40.5 Å². The lowest BCUT2D eigenvalue weighted by Gasteiger charge is -2.37. The highest BCUT2D eigenvalue weighted by molar-refractivity contribution is 5.87. The number of carboxylic acid groups (broad SMARTS) is 1. The molecule has 3 atom stereocenters. The summed E-state index contributed by atoms with van der Waals surface area (Å²) in [6.45, 7) is 6.52. The third-order valence-corrected chi connectivity index (χ3v) is 3.48. The van der Waals surface area contributed by atoms with Gasteiger partial charge < -0.3 is 15.7 Å². The van der Waals surface area contributed by atoms with E-state index in [1.165, 1.54) is 4.90 Å². The molecule has 2 unspecified atom stereocenters. The molecule has 0 spiro atoms. The molecule has 104 valence electrons. The lowest BCUT2D eigenvalue weighted by molar-refractivity contribution is -0.153. The Labute approximate surface area is 108 Å². The molecule has 3 N–H and O–H groups in total. The molecule has 0 aromatic heterocycles. The average Bonchev–Trinajstić information content (AvgIpc) is 2.26. The summed E-state index contributed by atoms with van der Waals surface area (Å²) >= 11 is 0. The van der Waals surface area contributed by atoms with Gasteiger partial charge in [0.15, 0.2) is 0 Å². The Morgan fingerprint density at radius 2 is 2.06 bits per heavy atom. The minimum Gasteiger partial charge on any atom is -0.480 e. The van der Waals surface area contributed by atoms with Gasteiger partial charge >= 0.3 is 5.97 Å². The van der Waals surface area contributed by atoms with E-state index >= 15 is 0 Å². The topological polar surface area (TPSA) is 83.6 Å². The molecule has 1 fully saturated rings. The Bertz CT molecular complexity index is 317. The van der Waals surface area contributed by atoms with Gasteiger partial charge in [-0.25, -0.2) is 4.79 Å². The van der Waals surface area contributed by atoms with Gasteiger partial charge in [-0.1, -0.05) is 20.8 Å². The maximum atomic E-state index is 12.2. The normalized spacial score (nSPS) is 26.2. The van der Waals surface area contributed by atoms with Crippen LogP contribution in [0.2, 0.25) is 0 Å². The molecule has 0 bridgehead atoms. The molecule has 0 radical (unpaired) electrons. The van der Waals surface area contributed by atoms with Crippen molar-refractivity contribution in [3.05, 3.63) is 0 Å². The Morgan fingerprint density at radius 1 is 1.44 bits per heavy atom. The van der Waals surface area contributed by atoms with Crippen LogP contribution in [0.4, 0.5) is 0 Å². The van der Waals surface area contributed by atoms with Crippen molar-refractivity contribution in [1.82, 2.24) is 4.90 Å². The van der Waals surface area contributed by atoms with Gasteiger partial charge in [-0.2, -0.15) is 0 Å². The van der Waals surface area contributed by atoms with Crippen LogP contribution in [0.5, 0.6) is 0 Å². The number of hydrogen-bond donors (Lipinski definition) is 2. The van der Waals surface area contributed by atoms with Crippen LogP contribution in [0.3, 0.4) is 0 Å². The summed E-state index contributed by atoms with van der Waals surface area (Å²) in [7, 11) is 0. The van der Waals surface area contributed by atoms with Crippen LogP contribution in [-0.2, 0) is 9.59 Å². The zero-order chi connectivity index (χ0) is 13.9. The van der Waals surface area contributed by atoms with Crippen molar-refractivity contribution >= 4 is 11.9 Å². The number of aliphatic carboxylic acids is 1. The molecule has 1 aliphatic rings. The van der Waals surface area contributed by atoms with Crippen molar-refractivity contribution in [2.24, 2.45) is 17.6 Å². The van der Waals surface area contributed by atoms with Crippen molar-refractivity contribution < 1.29 is 14.7 Å². The fraction of sp³-hybridized carbons (Fsp3) is 0.846. The number of likely N-dealkylation sites (tertiary alicyclic amines) is 1. The Hall–Kier alpha value is -1.10. The number of carbonyl (C=O) groups excluding carboxylic acids is 1. The third-order valence-electron chi connectivity index (χ3n) is 3.48. The van der Waals surface area contributed by atoms with E-state index in [0.29, 0.717) is 31.2 Å².